The second kappa shape index (κ2) is 5.63. The molecular weight excluding hydrogens is 284 g/mol. The molecule has 0 saturated heterocycles. The number of unbranched alkanes of at least 4 members (excludes halogenated alkanes) is 1. The van der Waals surface area contributed by atoms with E-state index < -0.39 is 0 Å². The minimum atomic E-state index is -0.187. The van der Waals surface area contributed by atoms with Crippen molar-refractivity contribution in [2.75, 3.05) is 6.61 Å². The Bertz CT molecular complexity index is 510. The van der Waals surface area contributed by atoms with Crippen LogP contribution >= 0.6 is 0 Å². The first-order valence-corrected chi connectivity index (χ1v) is 9.88. The molecule has 0 aromatic rings. The van der Waals surface area contributed by atoms with Crippen LogP contribution < -0.4 is 0 Å². The Kier molecular flexibility index (Phi) is 3.85. The summed E-state index contributed by atoms with van der Waals surface area (Å²) in [6, 6.07) is 0. The van der Waals surface area contributed by atoms with Gasteiger partial charge in [0.15, 0.2) is 0 Å². The molecule has 0 heterocycles. The molecule has 0 amide bonds. The molecule has 7 atom stereocenters. The number of ether oxygens (including phenoxy) is 1. The van der Waals surface area contributed by atoms with Gasteiger partial charge in [0, 0.05) is 11.0 Å². The van der Waals surface area contributed by atoms with Crippen LogP contribution in [0, 0.1) is 40.9 Å². The number of fused-ring (bicyclic) bond motifs is 9. The summed E-state index contributed by atoms with van der Waals surface area (Å²) in [6.45, 7) is 8.43. The van der Waals surface area contributed by atoms with Gasteiger partial charge in [-0.2, -0.15) is 0 Å². The van der Waals surface area contributed by atoms with E-state index in [1.807, 2.05) is 0 Å². The Morgan fingerprint density at radius 1 is 1.17 bits per heavy atom. The predicted molar refractivity (Wildman–Crippen MR) is 91.8 cm³/mol. The van der Waals surface area contributed by atoms with Crippen molar-refractivity contribution in [1.82, 2.24) is 0 Å². The maximum Gasteiger partial charge on any atom is 0.333 e. The third-order valence-electron chi connectivity index (χ3n) is 7.94. The second-order valence-electron chi connectivity index (χ2n) is 9.12. The summed E-state index contributed by atoms with van der Waals surface area (Å²) in [5.74, 6) is 5.62. The molecule has 23 heavy (non-hydrogen) atoms. The van der Waals surface area contributed by atoms with Gasteiger partial charge in [-0.1, -0.05) is 26.3 Å². The van der Waals surface area contributed by atoms with Crippen LogP contribution in [0.15, 0.2) is 12.2 Å². The first kappa shape index (κ1) is 15.7. The van der Waals surface area contributed by atoms with E-state index in [2.05, 4.69) is 13.5 Å². The molecule has 2 nitrogen and oxygen atoms in total. The van der Waals surface area contributed by atoms with Gasteiger partial charge in [-0.15, -0.1) is 0 Å². The topological polar surface area (TPSA) is 26.3 Å². The Hall–Kier alpha value is -0.790. The lowest BCUT2D eigenvalue weighted by molar-refractivity contribution is -0.146. The minimum Gasteiger partial charge on any atom is -0.462 e. The van der Waals surface area contributed by atoms with E-state index in [0.29, 0.717) is 12.2 Å². The Balaban J connectivity index is 1.53. The Labute approximate surface area is 141 Å². The lowest BCUT2D eigenvalue weighted by atomic mass is 9.59. The lowest BCUT2D eigenvalue weighted by Crippen LogP contribution is -2.43. The smallest absolute Gasteiger partial charge is 0.333 e. The summed E-state index contributed by atoms with van der Waals surface area (Å²) in [7, 11) is 0. The fraction of sp³-hybridized carbons (Fsp3) is 0.857. The highest BCUT2D eigenvalue weighted by atomic mass is 16.5. The third kappa shape index (κ3) is 2.31. The first-order valence-electron chi connectivity index (χ1n) is 9.88. The van der Waals surface area contributed by atoms with Crippen molar-refractivity contribution >= 4 is 5.97 Å². The maximum absolute atomic E-state index is 12.0. The van der Waals surface area contributed by atoms with Crippen LogP contribution in [0.2, 0.25) is 0 Å². The molecule has 2 heteroatoms. The van der Waals surface area contributed by atoms with E-state index >= 15 is 0 Å². The normalized spacial score (nSPS) is 46.2. The molecule has 4 bridgehead atoms. The van der Waals surface area contributed by atoms with Crippen molar-refractivity contribution in [3.8, 4) is 0 Å². The van der Waals surface area contributed by atoms with Crippen molar-refractivity contribution in [1.29, 1.82) is 0 Å². The van der Waals surface area contributed by atoms with Gasteiger partial charge in [0.05, 0.1) is 6.61 Å². The largest absolute Gasteiger partial charge is 0.462 e. The van der Waals surface area contributed by atoms with Gasteiger partial charge < -0.3 is 4.74 Å². The summed E-state index contributed by atoms with van der Waals surface area (Å²) >= 11 is 0. The van der Waals surface area contributed by atoms with Crippen molar-refractivity contribution in [3.63, 3.8) is 0 Å². The highest BCUT2D eigenvalue weighted by molar-refractivity contribution is 5.86. The van der Waals surface area contributed by atoms with Gasteiger partial charge in [0.1, 0.15) is 0 Å². The first-order chi connectivity index (χ1) is 11.1. The van der Waals surface area contributed by atoms with E-state index in [-0.39, 0.29) is 11.4 Å². The van der Waals surface area contributed by atoms with Crippen LogP contribution in [-0.4, -0.2) is 12.6 Å². The van der Waals surface area contributed by atoms with Gasteiger partial charge in [-0.05, 0) is 81.0 Å². The number of hydrogen-bond donors (Lipinski definition) is 0. The van der Waals surface area contributed by atoms with Crippen molar-refractivity contribution in [2.24, 2.45) is 40.9 Å². The quantitative estimate of drug-likeness (QED) is 0.392. The monoisotopic (exact) mass is 316 g/mol. The zero-order valence-corrected chi connectivity index (χ0v) is 14.9. The number of hydrogen-bond acceptors (Lipinski definition) is 2. The summed E-state index contributed by atoms with van der Waals surface area (Å²) < 4.78 is 5.73. The van der Waals surface area contributed by atoms with Gasteiger partial charge >= 0.3 is 5.97 Å². The molecule has 0 N–H and O–H groups in total. The molecule has 0 spiro atoms. The number of carbonyl (C=O) groups excluding carboxylic acids is 1. The third-order valence-corrected chi connectivity index (χ3v) is 7.94. The number of carbonyl (C=O) groups is 1. The number of rotatable bonds is 6. The molecular formula is C21H32O2. The van der Waals surface area contributed by atoms with Gasteiger partial charge in [0.25, 0.3) is 0 Å². The van der Waals surface area contributed by atoms with E-state index in [4.69, 9.17) is 4.74 Å². The minimum absolute atomic E-state index is 0.187. The zero-order valence-electron chi connectivity index (χ0n) is 14.9. The van der Waals surface area contributed by atoms with Gasteiger partial charge in [-0.3, -0.25) is 0 Å². The summed E-state index contributed by atoms with van der Waals surface area (Å²) in [6.07, 6.45) is 11.0. The molecule has 4 saturated carbocycles. The van der Waals surface area contributed by atoms with Crippen LogP contribution in [0.25, 0.3) is 0 Å². The van der Waals surface area contributed by atoms with E-state index in [0.717, 1.165) is 35.5 Å². The molecule has 0 aliphatic heterocycles. The van der Waals surface area contributed by atoms with E-state index in [9.17, 15) is 4.79 Å². The molecule has 4 aliphatic rings. The highest BCUT2D eigenvalue weighted by Gasteiger charge is 2.66. The predicted octanol–water partition coefficient (Wildman–Crippen LogP) is 4.98. The lowest BCUT2D eigenvalue weighted by Gasteiger charge is -2.46. The SMILES string of the molecule is C=C(C)C(=O)OCC1(CCCC)CC2CC1C1C3CCC(C3)C21. The molecule has 0 aromatic carbocycles. The van der Waals surface area contributed by atoms with Gasteiger partial charge in [-0.25, -0.2) is 4.79 Å². The van der Waals surface area contributed by atoms with Crippen LogP contribution in [0.3, 0.4) is 0 Å². The van der Waals surface area contributed by atoms with Crippen molar-refractivity contribution in [3.05, 3.63) is 12.2 Å². The molecule has 4 aliphatic carbocycles. The van der Waals surface area contributed by atoms with E-state index in [1.54, 1.807) is 6.92 Å². The fourth-order valence-corrected chi connectivity index (χ4v) is 7.25. The van der Waals surface area contributed by atoms with Crippen molar-refractivity contribution < 1.29 is 9.53 Å². The summed E-state index contributed by atoms with van der Waals surface area (Å²) in [5, 5.41) is 0. The van der Waals surface area contributed by atoms with Gasteiger partial charge in [0.2, 0.25) is 0 Å². The number of esters is 1. The molecule has 128 valence electrons. The molecule has 4 rings (SSSR count). The van der Waals surface area contributed by atoms with Crippen LogP contribution in [0.1, 0.15) is 65.2 Å². The molecule has 0 radical (unpaired) electrons. The van der Waals surface area contributed by atoms with Crippen LogP contribution in [0.4, 0.5) is 0 Å². The van der Waals surface area contributed by atoms with E-state index in [1.165, 1.54) is 51.4 Å². The van der Waals surface area contributed by atoms with Crippen LogP contribution in [0.5, 0.6) is 0 Å². The summed E-state index contributed by atoms with van der Waals surface area (Å²) in [5.41, 5.74) is 0.828. The van der Waals surface area contributed by atoms with Crippen molar-refractivity contribution in [2.45, 2.75) is 65.2 Å². The molecule has 4 fully saturated rings. The Morgan fingerprint density at radius 3 is 2.61 bits per heavy atom. The highest BCUT2D eigenvalue weighted by Crippen LogP contribution is 2.72. The average Bonchev–Trinajstić information content (AvgIpc) is 3.28. The zero-order chi connectivity index (χ0) is 16.2. The molecule has 0 aromatic heterocycles. The van der Waals surface area contributed by atoms with Crippen LogP contribution in [-0.2, 0) is 9.53 Å². The fourth-order valence-electron chi connectivity index (χ4n) is 7.25. The standard InChI is InChI=1S/C21H32O2/c1-4-5-8-21(12-23-20(22)13(2)3)11-16-10-17(21)19-15-7-6-14(9-15)18(16)19/h14-19H,2,4-12H2,1,3H3. The molecule has 7 unspecified atom stereocenters. The maximum atomic E-state index is 12.0. The summed E-state index contributed by atoms with van der Waals surface area (Å²) in [4.78, 5) is 12.0. The average molecular weight is 316 g/mol. The second-order valence-corrected chi connectivity index (χ2v) is 9.12. The Morgan fingerprint density at radius 2 is 1.91 bits per heavy atom.